The molecule has 0 spiro atoms. The second kappa shape index (κ2) is 12.3. The van der Waals surface area contributed by atoms with E-state index in [-0.39, 0.29) is 0 Å². The van der Waals surface area contributed by atoms with Crippen LogP contribution in [0.2, 0.25) is 0 Å². The predicted molar refractivity (Wildman–Crippen MR) is 142 cm³/mol. The van der Waals surface area contributed by atoms with Gasteiger partial charge in [0, 0.05) is 24.3 Å². The van der Waals surface area contributed by atoms with Crippen molar-refractivity contribution in [1.82, 2.24) is 0 Å². The van der Waals surface area contributed by atoms with Gasteiger partial charge in [0.05, 0.1) is 20.6 Å². The molecule has 0 fully saturated rings. The lowest BCUT2D eigenvalue weighted by Gasteiger charge is -2.00. The van der Waals surface area contributed by atoms with Gasteiger partial charge in [0.2, 0.25) is 0 Å². The van der Waals surface area contributed by atoms with Gasteiger partial charge in [0.15, 0.2) is 37.9 Å². The maximum atomic E-state index is 5.21. The standard InChI is InChI=1S/C31H32N2O2/c1-34-30-12-8-26(9-13-30)4-6-28-16-22-32(23-17-28)20-3-21-33-24-18-29(19-25-33)7-5-27-10-14-31(35-2)15-11-27/h4-19,22-25H,3,20-21H2,1-2H3/q+2/b6-4+,7-5?. The number of pyridine rings is 2. The van der Waals surface area contributed by atoms with Crippen LogP contribution in [0.3, 0.4) is 0 Å². The third kappa shape index (κ3) is 7.41. The molecule has 2 heterocycles. The Morgan fingerprint density at radius 1 is 0.486 bits per heavy atom. The maximum Gasteiger partial charge on any atom is 0.169 e. The highest BCUT2D eigenvalue weighted by Gasteiger charge is 2.05. The van der Waals surface area contributed by atoms with Crippen molar-refractivity contribution in [3.63, 3.8) is 0 Å². The zero-order valence-corrected chi connectivity index (χ0v) is 20.4. The van der Waals surface area contributed by atoms with Gasteiger partial charge in [0.1, 0.15) is 11.5 Å². The molecule has 0 N–H and O–H groups in total. The number of methoxy groups -OCH3 is 2. The minimum atomic E-state index is 0.874. The van der Waals surface area contributed by atoms with Crippen molar-refractivity contribution in [2.45, 2.75) is 19.5 Å². The Balaban J connectivity index is 1.23. The van der Waals surface area contributed by atoms with Crippen molar-refractivity contribution >= 4 is 24.3 Å². The second-order valence-electron chi connectivity index (χ2n) is 8.31. The molecule has 4 heteroatoms. The average Bonchev–Trinajstić information content (AvgIpc) is 2.93. The van der Waals surface area contributed by atoms with Gasteiger partial charge in [-0.1, -0.05) is 48.6 Å². The van der Waals surface area contributed by atoms with Crippen LogP contribution in [0.25, 0.3) is 24.3 Å². The van der Waals surface area contributed by atoms with Crippen LogP contribution in [-0.2, 0) is 13.1 Å². The molecule has 4 nitrogen and oxygen atoms in total. The number of aromatic nitrogens is 2. The SMILES string of the molecule is COc1ccc(C=Cc2cc[n+](CCC[n+]3ccc(/C=C/c4ccc(OC)cc4)cc3)cc2)cc1. The molecule has 176 valence electrons. The summed E-state index contributed by atoms with van der Waals surface area (Å²) in [5, 5.41) is 0. The van der Waals surface area contributed by atoms with Gasteiger partial charge in [-0.3, -0.25) is 0 Å². The van der Waals surface area contributed by atoms with E-state index in [0.29, 0.717) is 0 Å². The zero-order valence-electron chi connectivity index (χ0n) is 20.4. The number of hydrogen-bond acceptors (Lipinski definition) is 2. The fraction of sp³-hybridized carbons (Fsp3) is 0.161. The van der Waals surface area contributed by atoms with E-state index < -0.39 is 0 Å². The minimum Gasteiger partial charge on any atom is -0.497 e. The van der Waals surface area contributed by atoms with Crippen molar-refractivity contribution in [2.24, 2.45) is 0 Å². The first-order chi connectivity index (χ1) is 17.2. The van der Waals surface area contributed by atoms with Crippen molar-refractivity contribution in [3.8, 4) is 11.5 Å². The predicted octanol–water partition coefficient (Wildman–Crippen LogP) is 5.71. The summed E-state index contributed by atoms with van der Waals surface area (Å²) in [6.07, 6.45) is 18.1. The fourth-order valence-electron chi connectivity index (χ4n) is 3.71. The lowest BCUT2D eigenvalue weighted by Crippen LogP contribution is -2.38. The van der Waals surface area contributed by atoms with E-state index in [1.807, 2.05) is 24.3 Å². The fourth-order valence-corrected chi connectivity index (χ4v) is 3.71. The summed E-state index contributed by atoms with van der Waals surface area (Å²) < 4.78 is 14.9. The molecule has 2 aromatic heterocycles. The lowest BCUT2D eigenvalue weighted by molar-refractivity contribution is -0.726. The quantitative estimate of drug-likeness (QED) is 0.281. The summed E-state index contributed by atoms with van der Waals surface area (Å²) in [6, 6.07) is 24.7. The molecule has 2 aromatic carbocycles. The summed E-state index contributed by atoms with van der Waals surface area (Å²) in [5.41, 5.74) is 4.68. The number of ether oxygens (including phenoxy) is 2. The van der Waals surface area contributed by atoms with E-state index >= 15 is 0 Å². The van der Waals surface area contributed by atoms with Gasteiger partial charge in [0.25, 0.3) is 0 Å². The first kappa shape index (κ1) is 24.0. The van der Waals surface area contributed by atoms with Crippen LogP contribution < -0.4 is 18.6 Å². The number of benzene rings is 2. The molecular weight excluding hydrogens is 432 g/mol. The Bertz CT molecular complexity index is 1140. The first-order valence-corrected chi connectivity index (χ1v) is 11.8. The number of rotatable bonds is 10. The molecule has 0 unspecified atom stereocenters. The van der Waals surface area contributed by atoms with Crippen molar-refractivity contribution in [3.05, 3.63) is 120 Å². The van der Waals surface area contributed by atoms with Crippen LogP contribution in [0.15, 0.2) is 97.6 Å². The van der Waals surface area contributed by atoms with Crippen LogP contribution in [0.1, 0.15) is 28.7 Å². The van der Waals surface area contributed by atoms with Crippen molar-refractivity contribution < 1.29 is 18.6 Å². The topological polar surface area (TPSA) is 26.2 Å². The molecule has 0 aliphatic carbocycles. The van der Waals surface area contributed by atoms with Gasteiger partial charge >= 0.3 is 0 Å². The highest BCUT2D eigenvalue weighted by Crippen LogP contribution is 2.14. The molecule has 0 amide bonds. The first-order valence-electron chi connectivity index (χ1n) is 11.8. The summed E-state index contributed by atoms with van der Waals surface area (Å²) in [5.74, 6) is 1.75. The largest absolute Gasteiger partial charge is 0.497 e. The van der Waals surface area contributed by atoms with Crippen LogP contribution in [0.5, 0.6) is 11.5 Å². The molecule has 0 atom stereocenters. The zero-order chi connectivity index (χ0) is 24.3. The molecule has 0 aliphatic heterocycles. The van der Waals surface area contributed by atoms with E-state index in [9.17, 15) is 0 Å². The van der Waals surface area contributed by atoms with Crippen LogP contribution in [0.4, 0.5) is 0 Å². The molecule has 0 bridgehead atoms. The van der Waals surface area contributed by atoms with Gasteiger partial charge < -0.3 is 9.47 Å². The van der Waals surface area contributed by atoms with Crippen molar-refractivity contribution in [1.29, 1.82) is 0 Å². The number of hydrogen-bond donors (Lipinski definition) is 0. The molecule has 0 saturated heterocycles. The van der Waals surface area contributed by atoms with Gasteiger partial charge in [-0.25, -0.2) is 9.13 Å². The Hall–Kier alpha value is -4.18. The molecule has 35 heavy (non-hydrogen) atoms. The highest BCUT2D eigenvalue weighted by molar-refractivity contribution is 5.70. The minimum absolute atomic E-state index is 0.874. The summed E-state index contributed by atoms with van der Waals surface area (Å²) in [4.78, 5) is 0. The normalized spacial score (nSPS) is 11.3. The van der Waals surface area contributed by atoms with E-state index in [1.165, 1.54) is 11.1 Å². The van der Waals surface area contributed by atoms with E-state index in [2.05, 4.69) is 107 Å². The van der Waals surface area contributed by atoms with E-state index in [4.69, 9.17) is 9.47 Å². The van der Waals surface area contributed by atoms with Crippen LogP contribution in [0, 0.1) is 0 Å². The third-order valence-corrected chi connectivity index (χ3v) is 5.83. The summed E-state index contributed by atoms with van der Waals surface area (Å²) >= 11 is 0. The molecule has 0 radical (unpaired) electrons. The van der Waals surface area contributed by atoms with E-state index in [1.54, 1.807) is 14.2 Å². The molecule has 0 saturated carbocycles. The molecule has 4 rings (SSSR count). The lowest BCUT2D eigenvalue weighted by atomic mass is 10.1. The van der Waals surface area contributed by atoms with Crippen LogP contribution in [-0.4, -0.2) is 14.2 Å². The second-order valence-corrected chi connectivity index (χ2v) is 8.31. The summed E-state index contributed by atoms with van der Waals surface area (Å²) in [7, 11) is 3.37. The Morgan fingerprint density at radius 2 is 0.800 bits per heavy atom. The molecule has 0 aliphatic rings. The monoisotopic (exact) mass is 464 g/mol. The summed E-state index contributed by atoms with van der Waals surface area (Å²) in [6.45, 7) is 1.96. The van der Waals surface area contributed by atoms with Crippen LogP contribution >= 0.6 is 0 Å². The smallest absolute Gasteiger partial charge is 0.169 e. The van der Waals surface area contributed by atoms with E-state index in [0.717, 1.165) is 42.1 Å². The number of nitrogens with zero attached hydrogens (tertiary/aromatic N) is 2. The Morgan fingerprint density at radius 3 is 1.11 bits per heavy atom. The maximum absolute atomic E-state index is 5.21. The average molecular weight is 465 g/mol. The highest BCUT2D eigenvalue weighted by atomic mass is 16.5. The Labute approximate surface area is 208 Å². The molecular formula is C31H32N2O2+2. The number of aryl methyl sites for hydroxylation is 2. The van der Waals surface area contributed by atoms with Gasteiger partial charge in [-0.05, 0) is 46.5 Å². The Kier molecular flexibility index (Phi) is 8.44. The van der Waals surface area contributed by atoms with Gasteiger partial charge in [-0.15, -0.1) is 0 Å². The van der Waals surface area contributed by atoms with Crippen molar-refractivity contribution in [2.75, 3.05) is 14.2 Å². The third-order valence-electron chi connectivity index (χ3n) is 5.83. The van der Waals surface area contributed by atoms with Gasteiger partial charge in [-0.2, -0.15) is 0 Å². The molecule has 4 aromatic rings.